The first-order chi connectivity index (χ1) is 10.6. The second-order valence-electron chi connectivity index (χ2n) is 5.21. The second-order valence-corrected chi connectivity index (χ2v) is 7.31. The number of guanidine groups is 1. The molecule has 0 spiro atoms. The average molecular weight is 452 g/mol. The van der Waals surface area contributed by atoms with Crippen LogP contribution in [0.5, 0.6) is 0 Å². The van der Waals surface area contributed by atoms with E-state index in [2.05, 4.69) is 44.2 Å². The maximum absolute atomic E-state index is 11.4. The average Bonchev–Trinajstić information content (AvgIpc) is 2.54. The Morgan fingerprint density at radius 3 is 2.61 bits per heavy atom. The van der Waals surface area contributed by atoms with Crippen molar-refractivity contribution < 1.29 is 8.42 Å². The summed E-state index contributed by atoms with van der Waals surface area (Å²) in [5.74, 6) is 0.912. The molecule has 0 aromatic heterocycles. The summed E-state index contributed by atoms with van der Waals surface area (Å²) in [6.45, 7) is 4.25. The molecule has 1 aromatic rings. The van der Waals surface area contributed by atoms with Crippen molar-refractivity contribution in [3.63, 3.8) is 0 Å². The van der Waals surface area contributed by atoms with Crippen LogP contribution >= 0.6 is 24.0 Å². The molecular formula is C15H25IN4O2S. The number of hydrogen-bond donors (Lipinski definition) is 2. The highest BCUT2D eigenvalue weighted by Gasteiger charge is 2.18. The van der Waals surface area contributed by atoms with Crippen LogP contribution in [0.4, 0.5) is 0 Å². The molecule has 1 heterocycles. The molecule has 1 aliphatic heterocycles. The first kappa shape index (κ1) is 20.2. The van der Waals surface area contributed by atoms with E-state index in [0.717, 1.165) is 25.5 Å². The fraction of sp³-hybridized carbons (Fsp3) is 0.533. The van der Waals surface area contributed by atoms with E-state index in [-0.39, 0.29) is 29.7 Å². The molecule has 6 nitrogen and oxygen atoms in total. The fourth-order valence-corrected chi connectivity index (χ4v) is 3.11. The van der Waals surface area contributed by atoms with Crippen LogP contribution in [0.25, 0.3) is 0 Å². The van der Waals surface area contributed by atoms with Gasteiger partial charge in [0.25, 0.3) is 0 Å². The van der Waals surface area contributed by atoms with Crippen LogP contribution < -0.4 is 10.0 Å². The predicted molar refractivity (Wildman–Crippen MR) is 105 cm³/mol. The number of sulfonamides is 1. The highest BCUT2D eigenvalue weighted by Crippen LogP contribution is 2.18. The molecule has 2 N–H and O–H groups in total. The van der Waals surface area contributed by atoms with E-state index >= 15 is 0 Å². The van der Waals surface area contributed by atoms with Gasteiger partial charge in [-0.3, -0.25) is 4.99 Å². The van der Waals surface area contributed by atoms with Gasteiger partial charge in [-0.1, -0.05) is 24.3 Å². The van der Waals surface area contributed by atoms with Crippen LogP contribution in [0.1, 0.15) is 18.1 Å². The number of halogens is 1. The first-order valence-electron chi connectivity index (χ1n) is 7.55. The summed E-state index contributed by atoms with van der Waals surface area (Å²) in [6.07, 6.45) is 0.999. The summed E-state index contributed by atoms with van der Waals surface area (Å²) in [4.78, 5) is 6.48. The summed E-state index contributed by atoms with van der Waals surface area (Å²) < 4.78 is 25.3. The predicted octanol–water partition coefficient (Wildman–Crippen LogP) is 1.18. The Bertz CT molecular complexity index is 634. The zero-order valence-electron chi connectivity index (χ0n) is 13.6. The lowest BCUT2D eigenvalue weighted by molar-refractivity contribution is 0.379. The molecule has 0 bridgehead atoms. The van der Waals surface area contributed by atoms with Gasteiger partial charge in [-0.25, -0.2) is 13.1 Å². The molecule has 0 saturated carbocycles. The highest BCUT2D eigenvalue weighted by atomic mass is 127. The van der Waals surface area contributed by atoms with Gasteiger partial charge in [-0.05, 0) is 24.5 Å². The van der Waals surface area contributed by atoms with Gasteiger partial charge in [0.05, 0.1) is 5.75 Å². The molecule has 23 heavy (non-hydrogen) atoms. The monoisotopic (exact) mass is 452 g/mol. The standard InChI is InChI=1S/C15H24N4O2S.HI/c1-3-22(20,21)18-10-9-17-15(16-2)19-11-8-13-6-4-5-7-14(13)12-19;/h4-7,18H,3,8-12H2,1-2H3,(H,16,17);1H. The number of fused-ring (bicyclic) bond motifs is 1. The molecule has 8 heteroatoms. The third-order valence-corrected chi connectivity index (χ3v) is 5.16. The third kappa shape index (κ3) is 5.92. The molecule has 0 unspecified atom stereocenters. The largest absolute Gasteiger partial charge is 0.355 e. The quantitative estimate of drug-likeness (QED) is 0.305. The molecule has 0 atom stereocenters. The molecule has 0 fully saturated rings. The van der Waals surface area contributed by atoms with Crippen LogP contribution in [0.2, 0.25) is 0 Å². The smallest absolute Gasteiger partial charge is 0.211 e. The van der Waals surface area contributed by atoms with Gasteiger partial charge in [0.2, 0.25) is 10.0 Å². The fourth-order valence-electron chi connectivity index (χ4n) is 2.49. The van der Waals surface area contributed by atoms with Crippen LogP contribution in [-0.4, -0.2) is 51.7 Å². The zero-order chi connectivity index (χ0) is 16.0. The van der Waals surface area contributed by atoms with E-state index in [1.54, 1.807) is 14.0 Å². The minimum absolute atomic E-state index is 0. The van der Waals surface area contributed by atoms with E-state index in [1.807, 2.05) is 0 Å². The van der Waals surface area contributed by atoms with E-state index in [1.165, 1.54) is 11.1 Å². The van der Waals surface area contributed by atoms with Crippen LogP contribution in [0, 0.1) is 0 Å². The lowest BCUT2D eigenvalue weighted by atomic mass is 10.0. The Hall–Kier alpha value is -0.870. The summed E-state index contributed by atoms with van der Waals surface area (Å²) in [7, 11) is -1.38. The molecule has 2 rings (SSSR count). The summed E-state index contributed by atoms with van der Waals surface area (Å²) in [5.41, 5.74) is 2.72. The molecule has 0 amide bonds. The van der Waals surface area contributed by atoms with E-state index in [9.17, 15) is 8.42 Å². The number of benzene rings is 1. The van der Waals surface area contributed by atoms with Crippen molar-refractivity contribution in [2.75, 3.05) is 32.4 Å². The van der Waals surface area contributed by atoms with Crippen molar-refractivity contribution in [3.05, 3.63) is 35.4 Å². The number of nitrogens with zero attached hydrogens (tertiary/aromatic N) is 2. The van der Waals surface area contributed by atoms with Gasteiger partial charge >= 0.3 is 0 Å². The SMILES string of the molecule is CCS(=O)(=O)NCCNC(=NC)N1CCc2ccccc2C1.I. The van der Waals surface area contributed by atoms with Crippen molar-refractivity contribution in [3.8, 4) is 0 Å². The van der Waals surface area contributed by atoms with Crippen molar-refractivity contribution in [2.45, 2.75) is 19.9 Å². The number of hydrogen-bond acceptors (Lipinski definition) is 3. The Kier molecular flexibility index (Phi) is 8.27. The molecular weight excluding hydrogens is 427 g/mol. The van der Waals surface area contributed by atoms with Gasteiger partial charge < -0.3 is 10.2 Å². The van der Waals surface area contributed by atoms with Crippen LogP contribution in [0.3, 0.4) is 0 Å². The second kappa shape index (κ2) is 9.43. The minimum atomic E-state index is -3.13. The normalized spacial score (nSPS) is 14.9. The maximum atomic E-state index is 11.4. The van der Waals surface area contributed by atoms with Gasteiger partial charge in [-0.2, -0.15) is 0 Å². The maximum Gasteiger partial charge on any atom is 0.211 e. The Balaban J connectivity index is 0.00000264. The third-order valence-electron chi connectivity index (χ3n) is 3.75. The topological polar surface area (TPSA) is 73.8 Å². The Morgan fingerprint density at radius 1 is 1.26 bits per heavy atom. The zero-order valence-corrected chi connectivity index (χ0v) is 16.7. The molecule has 130 valence electrons. The van der Waals surface area contributed by atoms with Crippen molar-refractivity contribution in [1.82, 2.24) is 14.9 Å². The Morgan fingerprint density at radius 2 is 1.96 bits per heavy atom. The number of nitrogens with one attached hydrogen (secondary N) is 2. The van der Waals surface area contributed by atoms with E-state index in [4.69, 9.17) is 0 Å². The van der Waals surface area contributed by atoms with E-state index in [0.29, 0.717) is 13.1 Å². The lowest BCUT2D eigenvalue weighted by Crippen LogP contribution is -2.46. The molecule has 0 saturated heterocycles. The van der Waals surface area contributed by atoms with Crippen molar-refractivity contribution in [2.24, 2.45) is 4.99 Å². The molecule has 0 radical (unpaired) electrons. The minimum Gasteiger partial charge on any atom is -0.355 e. The van der Waals surface area contributed by atoms with Crippen molar-refractivity contribution in [1.29, 1.82) is 0 Å². The Labute approximate surface area is 155 Å². The molecule has 1 aromatic carbocycles. The highest BCUT2D eigenvalue weighted by molar-refractivity contribution is 14.0. The summed E-state index contributed by atoms with van der Waals surface area (Å²) in [6, 6.07) is 8.44. The summed E-state index contributed by atoms with van der Waals surface area (Å²) >= 11 is 0. The van der Waals surface area contributed by atoms with Gasteiger partial charge in [0, 0.05) is 33.2 Å². The lowest BCUT2D eigenvalue weighted by Gasteiger charge is -2.31. The van der Waals surface area contributed by atoms with Crippen LogP contribution in [0.15, 0.2) is 29.3 Å². The van der Waals surface area contributed by atoms with Crippen molar-refractivity contribution >= 4 is 40.0 Å². The summed E-state index contributed by atoms with van der Waals surface area (Å²) in [5, 5.41) is 3.22. The van der Waals surface area contributed by atoms with Gasteiger partial charge in [0.15, 0.2) is 5.96 Å². The first-order valence-corrected chi connectivity index (χ1v) is 9.20. The molecule has 1 aliphatic rings. The van der Waals surface area contributed by atoms with Crippen LogP contribution in [-0.2, 0) is 23.0 Å². The molecule has 0 aliphatic carbocycles. The number of aliphatic imine (C=N–C) groups is 1. The van der Waals surface area contributed by atoms with E-state index < -0.39 is 10.0 Å². The number of rotatable bonds is 5. The van der Waals surface area contributed by atoms with Gasteiger partial charge in [0.1, 0.15) is 0 Å². The van der Waals surface area contributed by atoms with Gasteiger partial charge in [-0.15, -0.1) is 24.0 Å².